The molecular formula is C19H22N6. The van der Waals surface area contributed by atoms with Gasteiger partial charge in [0, 0.05) is 31.3 Å². The van der Waals surface area contributed by atoms with Crippen LogP contribution in [0.15, 0.2) is 43.0 Å². The smallest absolute Gasteiger partial charge is 0.156 e. The second kappa shape index (κ2) is 7.11. The van der Waals surface area contributed by atoms with Crippen LogP contribution in [0.4, 0.5) is 0 Å². The topological polar surface area (TPSA) is 70.6 Å². The highest BCUT2D eigenvalue weighted by Gasteiger charge is 2.26. The maximum atomic E-state index is 4.75. The van der Waals surface area contributed by atoms with Crippen LogP contribution in [-0.4, -0.2) is 36.4 Å². The third-order valence-electron chi connectivity index (χ3n) is 4.66. The fourth-order valence-corrected chi connectivity index (χ4v) is 3.53. The lowest BCUT2D eigenvalue weighted by atomic mass is 9.98. The summed E-state index contributed by atoms with van der Waals surface area (Å²) in [5, 5.41) is 0. The van der Waals surface area contributed by atoms with Crippen LogP contribution in [-0.2, 0) is 6.54 Å². The van der Waals surface area contributed by atoms with E-state index in [1.54, 1.807) is 6.20 Å². The fraction of sp³-hybridized carbons (Fsp3) is 0.368. The predicted octanol–water partition coefficient (Wildman–Crippen LogP) is 3.30. The molecule has 1 unspecified atom stereocenters. The third-order valence-corrected chi connectivity index (χ3v) is 4.66. The molecule has 0 bridgehead atoms. The second-order valence-electron chi connectivity index (χ2n) is 6.51. The van der Waals surface area contributed by atoms with Gasteiger partial charge in [0.05, 0.1) is 11.7 Å². The number of H-pyrrole nitrogens is 1. The molecule has 0 amide bonds. The van der Waals surface area contributed by atoms with Crippen molar-refractivity contribution in [2.75, 3.05) is 6.54 Å². The molecule has 0 aromatic carbocycles. The lowest BCUT2D eigenvalue weighted by Gasteiger charge is -2.35. The van der Waals surface area contributed by atoms with E-state index in [-0.39, 0.29) is 0 Å². The molecule has 3 aromatic heterocycles. The SMILES string of the molecule is Cc1nc(-c2ncc[nH]2)cc(C2CCCCN2Cc2cccnc2)n1. The first-order valence-corrected chi connectivity index (χ1v) is 8.78. The lowest BCUT2D eigenvalue weighted by Crippen LogP contribution is -2.33. The largest absolute Gasteiger partial charge is 0.343 e. The van der Waals surface area contributed by atoms with E-state index in [0.717, 1.165) is 42.5 Å². The van der Waals surface area contributed by atoms with E-state index in [1.807, 2.05) is 31.6 Å². The summed E-state index contributed by atoms with van der Waals surface area (Å²) < 4.78 is 0. The van der Waals surface area contributed by atoms with E-state index in [9.17, 15) is 0 Å². The van der Waals surface area contributed by atoms with Gasteiger partial charge in [-0.2, -0.15) is 0 Å². The van der Waals surface area contributed by atoms with Crippen molar-refractivity contribution >= 4 is 0 Å². The number of aromatic nitrogens is 5. The molecule has 128 valence electrons. The van der Waals surface area contributed by atoms with Crippen LogP contribution in [0, 0.1) is 6.92 Å². The first-order chi connectivity index (χ1) is 12.3. The van der Waals surface area contributed by atoms with E-state index in [2.05, 4.69) is 37.0 Å². The molecule has 1 atom stereocenters. The molecular weight excluding hydrogens is 312 g/mol. The van der Waals surface area contributed by atoms with Crippen LogP contribution in [0.3, 0.4) is 0 Å². The number of hydrogen-bond acceptors (Lipinski definition) is 5. The molecule has 6 nitrogen and oxygen atoms in total. The number of pyridine rings is 1. The van der Waals surface area contributed by atoms with Crippen molar-refractivity contribution in [1.82, 2.24) is 29.8 Å². The van der Waals surface area contributed by atoms with Gasteiger partial charge in [-0.25, -0.2) is 15.0 Å². The number of aryl methyl sites for hydroxylation is 1. The van der Waals surface area contributed by atoms with E-state index in [4.69, 9.17) is 4.98 Å². The zero-order valence-electron chi connectivity index (χ0n) is 14.4. The minimum absolute atomic E-state index is 0.310. The highest BCUT2D eigenvalue weighted by Crippen LogP contribution is 2.32. The minimum Gasteiger partial charge on any atom is -0.343 e. The van der Waals surface area contributed by atoms with E-state index >= 15 is 0 Å². The van der Waals surface area contributed by atoms with Crippen molar-refractivity contribution in [2.45, 2.75) is 38.8 Å². The van der Waals surface area contributed by atoms with Gasteiger partial charge in [0.25, 0.3) is 0 Å². The van der Waals surface area contributed by atoms with Gasteiger partial charge in [0.1, 0.15) is 11.5 Å². The maximum absolute atomic E-state index is 4.75. The number of rotatable bonds is 4. The standard InChI is InChI=1S/C19H22N6/c1-14-23-16(11-17(24-14)19-21-8-9-22-19)18-6-2-3-10-25(18)13-15-5-4-7-20-12-15/h4-5,7-9,11-12,18H,2-3,6,10,13H2,1H3,(H,21,22). The van der Waals surface area contributed by atoms with Crippen molar-refractivity contribution in [1.29, 1.82) is 0 Å². The molecule has 4 heterocycles. The van der Waals surface area contributed by atoms with Crippen LogP contribution in [0.1, 0.15) is 42.4 Å². The van der Waals surface area contributed by atoms with Crippen LogP contribution in [0.5, 0.6) is 0 Å². The Bertz CT molecular complexity index is 815. The molecule has 1 N–H and O–H groups in total. The summed E-state index contributed by atoms with van der Waals surface area (Å²) in [5.41, 5.74) is 3.19. The Hall–Kier alpha value is -2.60. The van der Waals surface area contributed by atoms with Crippen LogP contribution >= 0.6 is 0 Å². The molecule has 4 rings (SSSR count). The van der Waals surface area contributed by atoms with Crippen LogP contribution in [0.2, 0.25) is 0 Å². The van der Waals surface area contributed by atoms with E-state index < -0.39 is 0 Å². The van der Waals surface area contributed by atoms with Gasteiger partial charge >= 0.3 is 0 Å². The van der Waals surface area contributed by atoms with Crippen molar-refractivity contribution in [3.05, 3.63) is 60.1 Å². The van der Waals surface area contributed by atoms with Gasteiger partial charge < -0.3 is 4.98 Å². The number of nitrogens with zero attached hydrogens (tertiary/aromatic N) is 5. The Balaban J connectivity index is 1.64. The second-order valence-corrected chi connectivity index (χ2v) is 6.51. The molecule has 1 saturated heterocycles. The Morgan fingerprint density at radius 2 is 2.20 bits per heavy atom. The molecule has 1 aliphatic rings. The normalized spacial score (nSPS) is 18.4. The quantitative estimate of drug-likeness (QED) is 0.793. The molecule has 25 heavy (non-hydrogen) atoms. The van der Waals surface area contributed by atoms with Crippen LogP contribution in [0.25, 0.3) is 11.5 Å². The molecule has 6 heteroatoms. The zero-order valence-corrected chi connectivity index (χ0v) is 14.4. The highest BCUT2D eigenvalue weighted by molar-refractivity contribution is 5.49. The number of likely N-dealkylation sites (tertiary alicyclic amines) is 1. The summed E-state index contributed by atoms with van der Waals surface area (Å²) in [6.45, 7) is 3.93. The monoisotopic (exact) mass is 334 g/mol. The number of imidazole rings is 1. The number of piperidine rings is 1. The van der Waals surface area contributed by atoms with Gasteiger partial charge in [-0.15, -0.1) is 0 Å². The third kappa shape index (κ3) is 3.58. The molecule has 0 saturated carbocycles. The Morgan fingerprint density at radius 3 is 3.00 bits per heavy atom. The summed E-state index contributed by atoms with van der Waals surface area (Å²) in [7, 11) is 0. The number of aromatic amines is 1. The van der Waals surface area contributed by atoms with Gasteiger partial charge in [-0.1, -0.05) is 12.5 Å². The van der Waals surface area contributed by atoms with Crippen LogP contribution < -0.4 is 0 Å². The van der Waals surface area contributed by atoms with Gasteiger partial charge in [0.15, 0.2) is 5.82 Å². The summed E-state index contributed by atoms with van der Waals surface area (Å²) in [4.78, 5) is 23.5. The summed E-state index contributed by atoms with van der Waals surface area (Å²) in [6.07, 6.45) is 10.9. The molecule has 0 aliphatic carbocycles. The van der Waals surface area contributed by atoms with Crippen molar-refractivity contribution in [3.63, 3.8) is 0 Å². The average molecular weight is 334 g/mol. The molecule has 0 spiro atoms. The first-order valence-electron chi connectivity index (χ1n) is 8.78. The van der Waals surface area contributed by atoms with Gasteiger partial charge in [-0.05, 0) is 44.0 Å². The van der Waals surface area contributed by atoms with Crippen molar-refractivity contribution in [3.8, 4) is 11.5 Å². The Labute approximate surface area is 147 Å². The predicted molar refractivity (Wildman–Crippen MR) is 95.6 cm³/mol. The number of hydrogen-bond donors (Lipinski definition) is 1. The zero-order chi connectivity index (χ0) is 17.1. The highest BCUT2D eigenvalue weighted by atomic mass is 15.2. The summed E-state index contributed by atoms with van der Waals surface area (Å²) in [6, 6.07) is 6.53. The number of nitrogens with one attached hydrogen (secondary N) is 1. The van der Waals surface area contributed by atoms with Gasteiger partial charge in [0.2, 0.25) is 0 Å². The molecule has 0 radical (unpaired) electrons. The Kier molecular flexibility index (Phi) is 4.52. The summed E-state index contributed by atoms with van der Waals surface area (Å²) >= 11 is 0. The fourth-order valence-electron chi connectivity index (χ4n) is 3.53. The van der Waals surface area contributed by atoms with Crippen molar-refractivity contribution in [2.24, 2.45) is 0 Å². The summed E-state index contributed by atoms with van der Waals surface area (Å²) in [5.74, 6) is 1.58. The minimum atomic E-state index is 0.310. The Morgan fingerprint density at radius 1 is 1.24 bits per heavy atom. The first kappa shape index (κ1) is 15.9. The van der Waals surface area contributed by atoms with E-state index in [0.29, 0.717) is 6.04 Å². The average Bonchev–Trinajstić information content (AvgIpc) is 3.17. The van der Waals surface area contributed by atoms with E-state index in [1.165, 1.54) is 18.4 Å². The van der Waals surface area contributed by atoms with Gasteiger partial charge in [-0.3, -0.25) is 9.88 Å². The molecule has 3 aromatic rings. The molecule has 1 aliphatic heterocycles. The maximum Gasteiger partial charge on any atom is 0.156 e. The lowest BCUT2D eigenvalue weighted by molar-refractivity contribution is 0.137. The van der Waals surface area contributed by atoms with Crippen molar-refractivity contribution < 1.29 is 0 Å². The molecule has 1 fully saturated rings.